The number of diazo groups is 1. The molecule has 12 heavy (non-hydrogen) atoms. The molecular weight excluding hydrogens is 154 g/mol. The van der Waals surface area contributed by atoms with Crippen LogP contribution in [0.3, 0.4) is 0 Å². The van der Waals surface area contributed by atoms with Gasteiger partial charge in [-0.15, -0.1) is 5.11 Å². The van der Waals surface area contributed by atoms with E-state index >= 15 is 0 Å². The van der Waals surface area contributed by atoms with E-state index < -0.39 is 0 Å². The second-order valence-corrected chi connectivity index (χ2v) is 2.00. The van der Waals surface area contributed by atoms with Crippen molar-refractivity contribution in [2.45, 2.75) is 6.92 Å². The van der Waals surface area contributed by atoms with Crippen molar-refractivity contribution in [2.75, 3.05) is 0 Å². The van der Waals surface area contributed by atoms with Crippen LogP contribution in [-0.4, -0.2) is 0 Å². The van der Waals surface area contributed by atoms with Crippen molar-refractivity contribution in [1.29, 1.82) is 5.39 Å². The molecule has 0 radical (unpaired) electrons. The van der Waals surface area contributed by atoms with E-state index in [9.17, 15) is 0 Å². The number of hydrogen-bond acceptors (Lipinski definition) is 3. The molecule has 1 rings (SSSR count). The smallest absolute Gasteiger partial charge is 0.212 e. The first kappa shape index (κ1) is 10.0. The summed E-state index contributed by atoms with van der Waals surface area (Å²) >= 11 is 0. The summed E-state index contributed by atoms with van der Waals surface area (Å²) in [6.07, 6.45) is 0. The summed E-state index contributed by atoms with van der Waals surface area (Å²) in [5.41, 5.74) is 1.90. The van der Waals surface area contributed by atoms with Crippen LogP contribution < -0.4 is 11.2 Å². The molecule has 0 unspecified atom stereocenters. The van der Waals surface area contributed by atoms with Crippen LogP contribution in [0.15, 0.2) is 34.6 Å². The van der Waals surface area contributed by atoms with Gasteiger partial charge in [0.05, 0.1) is 11.1 Å². The first-order chi connectivity index (χ1) is 5.84. The second kappa shape index (κ2) is 5.80. The number of rotatable bonds is 1. The minimum absolute atomic E-state index is 0.824. The SMILES string of the molecule is Cc1ccccc1N=NN.N#[NH+]. The summed E-state index contributed by atoms with van der Waals surface area (Å²) < 4.78 is 0. The molecule has 0 aliphatic carbocycles. The predicted molar refractivity (Wildman–Crippen MR) is 42.6 cm³/mol. The van der Waals surface area contributed by atoms with E-state index in [1.54, 1.807) is 0 Å². The average molecular weight is 164 g/mol. The van der Waals surface area contributed by atoms with Crippen molar-refractivity contribution in [3.8, 4) is 0 Å². The summed E-state index contributed by atoms with van der Waals surface area (Å²) in [6, 6.07) is 7.68. The molecule has 0 aliphatic heterocycles. The predicted octanol–water partition coefficient (Wildman–Crippen LogP) is 0.232. The van der Waals surface area contributed by atoms with Crippen LogP contribution in [0.25, 0.3) is 0 Å². The monoisotopic (exact) mass is 164 g/mol. The summed E-state index contributed by atoms with van der Waals surface area (Å²) in [5.74, 6) is 4.89. The Morgan fingerprint density at radius 3 is 2.42 bits per heavy atom. The largest absolute Gasteiger partial charge is 0.305 e. The van der Waals surface area contributed by atoms with E-state index in [0.29, 0.717) is 0 Å². The van der Waals surface area contributed by atoms with E-state index in [1.807, 2.05) is 31.2 Å². The minimum atomic E-state index is 0.824. The molecule has 0 amide bonds. The molecule has 0 heterocycles. The molecule has 0 saturated heterocycles. The number of nitrogens with two attached hydrogens (primary N) is 1. The Morgan fingerprint density at radius 2 is 1.92 bits per heavy atom. The standard InChI is InChI=1S/C7H9N3.N2/c1-6-4-2-3-5-7(6)9-10-8;1-2/h2-5H,1H3,(H2,8,9);/p+1. The van der Waals surface area contributed by atoms with Crippen molar-refractivity contribution < 1.29 is 5.39 Å². The normalized spacial score (nSPS) is 8.92. The van der Waals surface area contributed by atoms with Crippen molar-refractivity contribution in [3.63, 3.8) is 0 Å². The van der Waals surface area contributed by atoms with E-state index in [2.05, 4.69) is 10.3 Å². The highest BCUT2D eigenvalue weighted by molar-refractivity contribution is 5.43. The summed E-state index contributed by atoms with van der Waals surface area (Å²) in [5, 5.41) is 17.9. The van der Waals surface area contributed by atoms with Crippen LogP contribution in [0.5, 0.6) is 0 Å². The third kappa shape index (κ3) is 2.75. The van der Waals surface area contributed by atoms with E-state index in [1.165, 1.54) is 0 Å². The molecule has 1 aromatic rings. The van der Waals surface area contributed by atoms with Crippen LogP contribution in [0.2, 0.25) is 0 Å². The van der Waals surface area contributed by atoms with Gasteiger partial charge in [0.1, 0.15) is 0 Å². The summed E-state index contributed by atoms with van der Waals surface area (Å²) in [7, 11) is 0. The van der Waals surface area contributed by atoms with Crippen molar-refractivity contribution in [2.24, 2.45) is 16.2 Å². The first-order valence-corrected chi connectivity index (χ1v) is 3.23. The van der Waals surface area contributed by atoms with Crippen LogP contribution in [-0.2, 0) is 0 Å². The zero-order chi connectivity index (χ0) is 9.40. The molecule has 0 aromatic heterocycles. The molecule has 62 valence electrons. The number of nitrogens with one attached hydrogen (secondary N) is 1. The fourth-order valence-corrected chi connectivity index (χ4v) is 0.738. The highest BCUT2D eigenvalue weighted by atomic mass is 15.3. The maximum absolute atomic E-state index is 6.25. The van der Waals surface area contributed by atoms with Gasteiger partial charge in [0, 0.05) is 0 Å². The highest BCUT2D eigenvalue weighted by Crippen LogP contribution is 2.16. The molecule has 0 spiro atoms. The van der Waals surface area contributed by atoms with Gasteiger partial charge in [-0.2, -0.15) is 0 Å². The third-order valence-electron chi connectivity index (χ3n) is 1.28. The maximum Gasteiger partial charge on any atom is 0.212 e. The molecule has 0 atom stereocenters. The van der Waals surface area contributed by atoms with Crippen LogP contribution in [0.1, 0.15) is 5.56 Å². The molecule has 1 aromatic carbocycles. The second-order valence-electron chi connectivity index (χ2n) is 2.00. The van der Waals surface area contributed by atoms with Gasteiger partial charge in [-0.3, -0.25) is 0 Å². The average Bonchev–Trinajstić information content (AvgIpc) is 2.13. The summed E-state index contributed by atoms with van der Waals surface area (Å²) in [4.78, 5) is 0. The Bertz CT molecular complexity index is 278. The van der Waals surface area contributed by atoms with Gasteiger partial charge in [-0.25, -0.2) is 0 Å². The lowest BCUT2D eigenvalue weighted by molar-refractivity contribution is -0.175. The lowest BCUT2D eigenvalue weighted by atomic mass is 10.2. The number of benzene rings is 1. The Balaban J connectivity index is 0.000000561. The number of nitrogens with zero attached hydrogens (tertiary/aromatic N) is 3. The lowest BCUT2D eigenvalue weighted by Gasteiger charge is -1.93. The highest BCUT2D eigenvalue weighted by Gasteiger charge is 1.90. The zero-order valence-corrected chi connectivity index (χ0v) is 6.73. The minimum Gasteiger partial charge on any atom is -0.305 e. The van der Waals surface area contributed by atoms with Crippen LogP contribution in [0.4, 0.5) is 5.69 Å². The molecule has 0 fully saturated rings. The van der Waals surface area contributed by atoms with Gasteiger partial charge in [0.25, 0.3) is 0 Å². The zero-order valence-electron chi connectivity index (χ0n) is 6.73. The Morgan fingerprint density at radius 1 is 1.33 bits per heavy atom. The van der Waals surface area contributed by atoms with Crippen LogP contribution >= 0.6 is 0 Å². The van der Waals surface area contributed by atoms with Crippen molar-refractivity contribution in [3.05, 3.63) is 29.8 Å². The van der Waals surface area contributed by atoms with E-state index in [0.717, 1.165) is 11.3 Å². The van der Waals surface area contributed by atoms with Gasteiger partial charge in [-0.05, 0) is 18.6 Å². The van der Waals surface area contributed by atoms with Gasteiger partial charge >= 0.3 is 0 Å². The fraction of sp³-hybridized carbons (Fsp3) is 0.143. The topological polar surface area (TPSA) is 98.3 Å². The van der Waals surface area contributed by atoms with E-state index in [-0.39, 0.29) is 0 Å². The first-order valence-electron chi connectivity index (χ1n) is 3.23. The molecule has 5 heteroatoms. The van der Waals surface area contributed by atoms with Gasteiger partial charge < -0.3 is 5.84 Å². The fourth-order valence-electron chi connectivity index (χ4n) is 0.738. The van der Waals surface area contributed by atoms with Crippen molar-refractivity contribution in [1.82, 2.24) is 0 Å². The molecule has 0 saturated carbocycles. The van der Waals surface area contributed by atoms with Gasteiger partial charge in [0.2, 0.25) is 5.39 Å². The summed E-state index contributed by atoms with van der Waals surface area (Å²) in [6.45, 7) is 1.96. The molecule has 5 nitrogen and oxygen atoms in total. The maximum atomic E-state index is 6.25. The van der Waals surface area contributed by atoms with Crippen LogP contribution in [0, 0.1) is 12.3 Å². The Kier molecular flexibility index (Phi) is 4.85. The van der Waals surface area contributed by atoms with Gasteiger partial charge in [-0.1, -0.05) is 23.4 Å². The molecule has 0 aliphatic rings. The van der Waals surface area contributed by atoms with Gasteiger partial charge in [0.15, 0.2) is 0 Å². The number of hydrogen-bond donors (Lipinski definition) is 2. The van der Waals surface area contributed by atoms with Crippen molar-refractivity contribution >= 4 is 5.69 Å². The molecular formula is C7H10N5+. The lowest BCUT2D eigenvalue weighted by Crippen LogP contribution is -2.11. The third-order valence-corrected chi connectivity index (χ3v) is 1.28. The number of aryl methyl sites for hydroxylation is 1. The Labute approximate surface area is 70.3 Å². The molecule has 0 bridgehead atoms. The molecule has 3 N–H and O–H groups in total. The van der Waals surface area contributed by atoms with E-state index in [4.69, 9.17) is 16.6 Å². The Hall–Kier alpha value is -1.96. The quantitative estimate of drug-likeness (QED) is 0.269.